The van der Waals surface area contributed by atoms with Crippen molar-refractivity contribution < 1.29 is 0 Å². The van der Waals surface area contributed by atoms with Crippen molar-refractivity contribution in [1.82, 2.24) is 4.57 Å². The van der Waals surface area contributed by atoms with Crippen LogP contribution in [-0.2, 0) is 12.5 Å². The van der Waals surface area contributed by atoms with E-state index in [0.717, 1.165) is 11.1 Å². The zero-order chi connectivity index (χ0) is 33.0. The molecule has 6 aromatic carbocycles. The molecule has 2 heterocycles. The van der Waals surface area contributed by atoms with Crippen LogP contribution in [0.4, 0.5) is 0 Å². The van der Waals surface area contributed by atoms with E-state index in [-0.39, 0.29) is 11.3 Å². The molecule has 0 saturated carbocycles. The van der Waals surface area contributed by atoms with Crippen LogP contribution in [0.1, 0.15) is 36.1 Å². The summed E-state index contributed by atoms with van der Waals surface area (Å²) < 4.78 is 2.39. The molecule has 234 valence electrons. The van der Waals surface area contributed by atoms with Gasteiger partial charge in [0.1, 0.15) is 5.84 Å². The minimum atomic E-state index is -0.00741. The van der Waals surface area contributed by atoms with Crippen molar-refractivity contribution >= 4 is 57.0 Å². The van der Waals surface area contributed by atoms with Gasteiger partial charge in [0.25, 0.3) is 0 Å². The van der Waals surface area contributed by atoms with Gasteiger partial charge < -0.3 is 10.3 Å². The van der Waals surface area contributed by atoms with Gasteiger partial charge in [-0.3, -0.25) is 5.41 Å². The van der Waals surface area contributed by atoms with E-state index in [2.05, 4.69) is 103 Å². The maximum absolute atomic E-state index is 7.84. The number of amidine groups is 2. The van der Waals surface area contributed by atoms with E-state index >= 15 is 0 Å². The van der Waals surface area contributed by atoms with Gasteiger partial charge in [-0.05, 0) is 47.0 Å². The van der Waals surface area contributed by atoms with Crippen molar-refractivity contribution in [3.63, 3.8) is 0 Å². The summed E-state index contributed by atoms with van der Waals surface area (Å²) >= 11 is 3.82. The summed E-state index contributed by atoms with van der Waals surface area (Å²) in [5, 5.41) is 10.5. The van der Waals surface area contributed by atoms with Crippen molar-refractivity contribution in [3.8, 4) is 11.1 Å². The quantitative estimate of drug-likeness (QED) is 0.143. The molecule has 1 aromatic heterocycles. The standard InChI is InChI=1S/C28H21NS2.C14H13N3/c1-28(2)19-13-12-17-16-8-4-5-9-21(16)29(3)27(17)26(19)18-14-24-25(15-20(18)28)31-23-11-7-6-10-22(23)30-24;15-13(11-7-3-1-4-8-11)17-14(16)12-9-5-2-6-10-12/h4-15H,1-3H3;1-10H,(H3,15,16,17). The summed E-state index contributed by atoms with van der Waals surface area (Å²) in [5.41, 5.74) is 15.8. The number of rotatable bonds is 2. The molecule has 0 unspecified atom stereocenters. The van der Waals surface area contributed by atoms with E-state index in [1.54, 1.807) is 0 Å². The van der Waals surface area contributed by atoms with E-state index < -0.39 is 0 Å². The molecule has 7 aromatic rings. The van der Waals surface area contributed by atoms with Crippen LogP contribution in [0.2, 0.25) is 0 Å². The highest BCUT2D eigenvalue weighted by Gasteiger charge is 2.39. The van der Waals surface area contributed by atoms with Crippen LogP contribution in [0.5, 0.6) is 0 Å². The van der Waals surface area contributed by atoms with Crippen molar-refractivity contribution in [2.24, 2.45) is 17.8 Å². The number of hydrogen-bond acceptors (Lipinski definition) is 3. The average Bonchev–Trinajstić information content (AvgIpc) is 3.53. The smallest absolute Gasteiger partial charge is 0.154 e. The highest BCUT2D eigenvalue weighted by molar-refractivity contribution is 8.05. The topological polar surface area (TPSA) is 67.2 Å². The number of benzene rings is 6. The number of aromatic nitrogens is 1. The summed E-state index contributed by atoms with van der Waals surface area (Å²) in [6, 6.07) is 45.9. The van der Waals surface area contributed by atoms with Gasteiger partial charge >= 0.3 is 0 Å². The number of nitrogens with two attached hydrogens (primary N) is 1. The molecule has 0 fully saturated rings. The molecule has 3 N–H and O–H groups in total. The molecule has 0 amide bonds. The Bertz CT molecular complexity index is 2410. The Morgan fingerprint density at radius 3 is 1.92 bits per heavy atom. The Morgan fingerprint density at radius 2 is 1.23 bits per heavy atom. The lowest BCUT2D eigenvalue weighted by atomic mass is 9.82. The fourth-order valence-corrected chi connectivity index (χ4v) is 9.24. The Kier molecular flexibility index (Phi) is 7.50. The molecule has 0 bridgehead atoms. The first-order valence-corrected chi connectivity index (χ1v) is 17.6. The van der Waals surface area contributed by atoms with Gasteiger partial charge in [0.15, 0.2) is 5.84 Å². The molecule has 9 rings (SSSR count). The highest BCUT2D eigenvalue weighted by Crippen LogP contribution is 2.57. The summed E-state index contributed by atoms with van der Waals surface area (Å²) in [6.45, 7) is 4.76. The summed E-state index contributed by atoms with van der Waals surface area (Å²) in [5.74, 6) is 0.534. The lowest BCUT2D eigenvalue weighted by Gasteiger charge is -2.24. The summed E-state index contributed by atoms with van der Waals surface area (Å²) in [7, 11) is 2.22. The molecule has 4 nitrogen and oxygen atoms in total. The number of aryl methyl sites for hydroxylation is 1. The molecule has 6 heteroatoms. The summed E-state index contributed by atoms with van der Waals surface area (Å²) in [4.78, 5) is 9.58. The zero-order valence-corrected chi connectivity index (χ0v) is 28.6. The third-order valence-corrected chi connectivity index (χ3v) is 11.9. The number of para-hydroxylation sites is 1. The van der Waals surface area contributed by atoms with Gasteiger partial charge in [-0.25, -0.2) is 4.99 Å². The molecule has 0 spiro atoms. The lowest BCUT2D eigenvalue weighted by molar-refractivity contribution is 0.658. The van der Waals surface area contributed by atoms with Crippen LogP contribution in [0.25, 0.3) is 32.9 Å². The average molecular weight is 659 g/mol. The van der Waals surface area contributed by atoms with E-state index in [1.807, 2.05) is 84.2 Å². The fourth-order valence-electron chi connectivity index (χ4n) is 6.96. The van der Waals surface area contributed by atoms with Crippen LogP contribution < -0.4 is 5.73 Å². The van der Waals surface area contributed by atoms with E-state index in [0.29, 0.717) is 5.84 Å². The Hall–Kier alpha value is -5.04. The largest absolute Gasteiger partial charge is 0.383 e. The lowest BCUT2D eigenvalue weighted by Crippen LogP contribution is -2.15. The maximum atomic E-state index is 7.84. The molecule has 1 aliphatic carbocycles. The molecule has 0 atom stereocenters. The number of aliphatic imine (C=N–C) groups is 1. The first-order chi connectivity index (χ1) is 23.3. The second kappa shape index (κ2) is 11.9. The normalized spacial score (nSPS) is 14.0. The zero-order valence-electron chi connectivity index (χ0n) is 27.0. The van der Waals surface area contributed by atoms with Gasteiger partial charge in [0.05, 0.1) is 5.52 Å². The molecular weight excluding hydrogens is 625 g/mol. The number of nitrogens with one attached hydrogen (secondary N) is 1. The van der Waals surface area contributed by atoms with Gasteiger partial charge in [-0.2, -0.15) is 0 Å². The third-order valence-electron chi connectivity index (χ3n) is 9.41. The predicted molar refractivity (Wildman–Crippen MR) is 203 cm³/mol. The third kappa shape index (κ3) is 5.04. The number of nitrogens with zero attached hydrogens (tertiary/aromatic N) is 2. The van der Waals surface area contributed by atoms with Gasteiger partial charge in [0, 0.05) is 65.0 Å². The second-order valence-corrected chi connectivity index (χ2v) is 14.8. The van der Waals surface area contributed by atoms with E-state index in [1.165, 1.54) is 63.6 Å². The Morgan fingerprint density at radius 1 is 0.646 bits per heavy atom. The van der Waals surface area contributed by atoms with Crippen molar-refractivity contribution in [1.29, 1.82) is 5.41 Å². The molecule has 48 heavy (non-hydrogen) atoms. The highest BCUT2D eigenvalue weighted by atomic mass is 32.2. The maximum Gasteiger partial charge on any atom is 0.154 e. The molecule has 0 saturated heterocycles. The molecular formula is C42H34N4S2. The molecule has 1 aliphatic heterocycles. The van der Waals surface area contributed by atoms with Crippen molar-refractivity contribution in [2.45, 2.75) is 38.8 Å². The van der Waals surface area contributed by atoms with Crippen LogP contribution in [0.3, 0.4) is 0 Å². The predicted octanol–water partition coefficient (Wildman–Crippen LogP) is 10.7. The Labute approximate surface area is 289 Å². The van der Waals surface area contributed by atoms with Crippen LogP contribution >= 0.6 is 23.5 Å². The van der Waals surface area contributed by atoms with Gasteiger partial charge in [-0.15, -0.1) is 0 Å². The minimum absolute atomic E-state index is 0.00741. The van der Waals surface area contributed by atoms with E-state index in [4.69, 9.17) is 11.1 Å². The van der Waals surface area contributed by atoms with E-state index in [9.17, 15) is 0 Å². The van der Waals surface area contributed by atoms with Crippen molar-refractivity contribution in [2.75, 3.05) is 0 Å². The second-order valence-electron chi connectivity index (χ2n) is 12.7. The number of hydrogen-bond donors (Lipinski definition) is 2. The SMILES string of the molecule is Cn1c2ccccc2c2ccc3c(c21)-c1cc2c(cc1C3(C)C)Sc1ccccc1S2.N=C(N=C(N)c1ccccc1)c1ccccc1. The number of fused-ring (bicyclic) bond motifs is 9. The van der Waals surface area contributed by atoms with Crippen LogP contribution in [-0.4, -0.2) is 16.2 Å². The fraction of sp³-hybridized carbons (Fsp3) is 0.0952. The monoisotopic (exact) mass is 658 g/mol. The van der Waals surface area contributed by atoms with Gasteiger partial charge in [0.2, 0.25) is 0 Å². The molecule has 0 radical (unpaired) electrons. The summed E-state index contributed by atoms with van der Waals surface area (Å²) in [6.07, 6.45) is 0. The van der Waals surface area contributed by atoms with Crippen LogP contribution in [0.15, 0.2) is 158 Å². The van der Waals surface area contributed by atoms with Gasteiger partial charge in [-0.1, -0.05) is 140 Å². The van der Waals surface area contributed by atoms with Crippen molar-refractivity contribution in [3.05, 3.63) is 156 Å². The molecule has 2 aliphatic rings. The first-order valence-electron chi connectivity index (χ1n) is 16.0. The minimum Gasteiger partial charge on any atom is -0.383 e. The first kappa shape index (κ1) is 30.3. The van der Waals surface area contributed by atoms with Crippen LogP contribution in [0, 0.1) is 5.41 Å². The Balaban J connectivity index is 0.000000168.